The van der Waals surface area contributed by atoms with Gasteiger partial charge in [0, 0.05) is 11.8 Å². The smallest absolute Gasteiger partial charge is 0.304 e. The number of carbonyl (C=O) groups is 1. The summed E-state index contributed by atoms with van der Waals surface area (Å²) >= 11 is 18.3. The minimum absolute atomic E-state index is 0.0163. The fourth-order valence-electron chi connectivity index (χ4n) is 4.07. The topological polar surface area (TPSA) is 77.1 Å². The number of halogens is 6. The van der Waals surface area contributed by atoms with Crippen molar-refractivity contribution in [3.63, 3.8) is 0 Å². The van der Waals surface area contributed by atoms with Crippen LogP contribution in [0.25, 0.3) is 16.9 Å². The summed E-state index contributed by atoms with van der Waals surface area (Å²) in [7, 11) is 0. The molecule has 40 heavy (non-hydrogen) atoms. The van der Waals surface area contributed by atoms with Crippen molar-refractivity contribution in [2.75, 3.05) is 5.32 Å². The normalized spacial score (nSPS) is 11.9. The molecule has 0 saturated heterocycles. The van der Waals surface area contributed by atoms with Gasteiger partial charge in [0.05, 0.1) is 28.5 Å². The number of nitrogens with zero attached hydrogens (tertiary/aromatic N) is 5. The molecule has 0 unspecified atom stereocenters. The summed E-state index contributed by atoms with van der Waals surface area (Å²) in [6.45, 7) is 4.31. The lowest BCUT2D eigenvalue weighted by molar-refractivity contribution is -0.142. The van der Waals surface area contributed by atoms with E-state index >= 15 is 0 Å². The molecule has 0 bridgehead atoms. The van der Waals surface area contributed by atoms with Crippen molar-refractivity contribution in [2.45, 2.75) is 32.5 Å². The Morgan fingerprint density at radius 1 is 1.00 bits per heavy atom. The molecule has 3 aromatic heterocycles. The van der Waals surface area contributed by atoms with Crippen LogP contribution in [-0.2, 0) is 12.7 Å². The molecule has 0 fully saturated rings. The van der Waals surface area contributed by atoms with Gasteiger partial charge in [-0.1, -0.05) is 79.0 Å². The van der Waals surface area contributed by atoms with E-state index in [2.05, 4.69) is 20.5 Å². The number of fused-ring (bicyclic) bond motifs is 1. The molecule has 7 nitrogen and oxygen atoms in total. The van der Waals surface area contributed by atoms with E-state index in [0.717, 1.165) is 23.4 Å². The minimum atomic E-state index is -4.75. The van der Waals surface area contributed by atoms with Crippen molar-refractivity contribution in [1.29, 1.82) is 0 Å². The molecule has 1 amide bonds. The van der Waals surface area contributed by atoms with Gasteiger partial charge < -0.3 is 5.32 Å². The van der Waals surface area contributed by atoms with Crippen molar-refractivity contribution < 1.29 is 18.0 Å². The van der Waals surface area contributed by atoms with Crippen LogP contribution >= 0.6 is 34.8 Å². The standard InChI is InChI=1S/C27H20Cl3F3N6O/c1-14(2)16-4-6-17(7-5-16)22-10-23(27(31,32)33)39-25(35-22)18(11-34-39)26(40)36-24-21(30)13-38(37-24)12-15-3-8-19(28)20(29)9-15/h3-11,13-14H,12H2,1-2H3,(H,36,37,40). The van der Waals surface area contributed by atoms with E-state index in [1.165, 1.54) is 10.9 Å². The van der Waals surface area contributed by atoms with Crippen molar-refractivity contribution in [1.82, 2.24) is 24.4 Å². The highest BCUT2D eigenvalue weighted by Gasteiger charge is 2.36. The molecule has 1 N–H and O–H groups in total. The van der Waals surface area contributed by atoms with Gasteiger partial charge in [0.2, 0.25) is 0 Å². The van der Waals surface area contributed by atoms with Gasteiger partial charge in [-0.25, -0.2) is 9.50 Å². The number of alkyl halides is 3. The third kappa shape index (κ3) is 5.65. The Kier molecular flexibility index (Phi) is 7.52. The number of aromatic nitrogens is 5. The van der Waals surface area contributed by atoms with Crippen LogP contribution in [0.4, 0.5) is 19.0 Å². The summed E-state index contributed by atoms with van der Waals surface area (Å²) in [5, 5.41) is 11.5. The Balaban J connectivity index is 1.48. The number of nitrogens with one attached hydrogen (secondary N) is 1. The number of carbonyl (C=O) groups excluding carboxylic acids is 1. The van der Waals surface area contributed by atoms with E-state index in [9.17, 15) is 18.0 Å². The largest absolute Gasteiger partial charge is 0.433 e. The highest BCUT2D eigenvalue weighted by atomic mass is 35.5. The molecule has 0 aliphatic heterocycles. The predicted octanol–water partition coefficient (Wildman–Crippen LogP) is 8.00. The molecule has 0 aliphatic rings. The van der Waals surface area contributed by atoms with Gasteiger partial charge in [0.15, 0.2) is 17.2 Å². The van der Waals surface area contributed by atoms with E-state index in [1.807, 2.05) is 26.0 Å². The molecule has 0 radical (unpaired) electrons. The lowest BCUT2D eigenvalue weighted by Gasteiger charge is -2.12. The number of hydrogen-bond acceptors (Lipinski definition) is 4. The van der Waals surface area contributed by atoms with Crippen LogP contribution in [0.3, 0.4) is 0 Å². The maximum absolute atomic E-state index is 14.0. The van der Waals surface area contributed by atoms with Crippen molar-refractivity contribution in [3.05, 3.63) is 98.4 Å². The van der Waals surface area contributed by atoms with Crippen LogP contribution in [-0.4, -0.2) is 30.3 Å². The summed E-state index contributed by atoms with van der Waals surface area (Å²) in [4.78, 5) is 17.6. The van der Waals surface area contributed by atoms with Crippen LogP contribution in [0.1, 0.15) is 46.9 Å². The number of benzene rings is 2. The summed E-state index contributed by atoms with van der Waals surface area (Å²) in [5.74, 6) is -0.508. The van der Waals surface area contributed by atoms with Gasteiger partial charge >= 0.3 is 6.18 Å². The molecule has 0 saturated carbocycles. The monoisotopic (exact) mass is 606 g/mol. The molecule has 5 rings (SSSR count). The van der Waals surface area contributed by atoms with E-state index in [1.54, 1.807) is 30.3 Å². The molecular weight excluding hydrogens is 588 g/mol. The van der Waals surface area contributed by atoms with E-state index in [0.29, 0.717) is 20.1 Å². The van der Waals surface area contributed by atoms with Crippen LogP contribution in [0, 0.1) is 0 Å². The zero-order chi connectivity index (χ0) is 28.8. The number of hydrogen-bond donors (Lipinski definition) is 1. The third-order valence-electron chi connectivity index (χ3n) is 6.16. The predicted molar refractivity (Wildman–Crippen MR) is 148 cm³/mol. The lowest BCUT2D eigenvalue weighted by atomic mass is 10.0. The summed E-state index contributed by atoms with van der Waals surface area (Å²) in [6, 6.07) is 13.1. The maximum Gasteiger partial charge on any atom is 0.433 e. The van der Waals surface area contributed by atoms with Crippen LogP contribution in [0.5, 0.6) is 0 Å². The average Bonchev–Trinajstić information content (AvgIpc) is 3.48. The van der Waals surface area contributed by atoms with Gasteiger partial charge in [-0.3, -0.25) is 9.48 Å². The Hall–Kier alpha value is -3.60. The lowest BCUT2D eigenvalue weighted by Crippen LogP contribution is -2.16. The molecule has 0 atom stereocenters. The first kappa shape index (κ1) is 27.9. The number of anilines is 1. The first-order valence-corrected chi connectivity index (χ1v) is 13.1. The SMILES string of the molecule is CC(C)c1ccc(-c2cc(C(F)(F)F)n3ncc(C(=O)Nc4nn(Cc5ccc(Cl)c(Cl)c5)cc4Cl)c3n2)cc1. The van der Waals surface area contributed by atoms with E-state index in [4.69, 9.17) is 34.8 Å². The van der Waals surface area contributed by atoms with E-state index in [-0.39, 0.29) is 40.2 Å². The average molecular weight is 608 g/mol. The fourth-order valence-corrected chi connectivity index (χ4v) is 4.59. The molecule has 0 aliphatic carbocycles. The maximum atomic E-state index is 14.0. The quantitative estimate of drug-likeness (QED) is 0.212. The second-order valence-corrected chi connectivity index (χ2v) is 10.5. The van der Waals surface area contributed by atoms with Crippen LogP contribution < -0.4 is 5.32 Å². The molecule has 0 spiro atoms. The molecule has 2 aromatic carbocycles. The van der Waals surface area contributed by atoms with Gasteiger partial charge in [0.1, 0.15) is 10.6 Å². The zero-order valence-electron chi connectivity index (χ0n) is 21.0. The summed E-state index contributed by atoms with van der Waals surface area (Å²) in [6.07, 6.45) is -2.23. The fraction of sp³-hybridized carbons (Fsp3) is 0.185. The van der Waals surface area contributed by atoms with Gasteiger partial charge in [0.25, 0.3) is 5.91 Å². The highest BCUT2D eigenvalue weighted by molar-refractivity contribution is 6.42. The summed E-state index contributed by atoms with van der Waals surface area (Å²) in [5.41, 5.74) is 0.821. The Bertz CT molecular complexity index is 1730. The van der Waals surface area contributed by atoms with Gasteiger partial charge in [-0.15, -0.1) is 0 Å². The number of rotatable bonds is 6. The highest BCUT2D eigenvalue weighted by Crippen LogP contribution is 2.33. The van der Waals surface area contributed by atoms with E-state index < -0.39 is 17.8 Å². The van der Waals surface area contributed by atoms with Crippen molar-refractivity contribution >= 4 is 52.2 Å². The Morgan fingerprint density at radius 3 is 2.38 bits per heavy atom. The van der Waals surface area contributed by atoms with Crippen molar-refractivity contribution in [2.24, 2.45) is 0 Å². The first-order valence-electron chi connectivity index (χ1n) is 11.9. The van der Waals surface area contributed by atoms with Crippen LogP contribution in [0.15, 0.2) is 60.9 Å². The van der Waals surface area contributed by atoms with Gasteiger partial charge in [-0.05, 0) is 35.2 Å². The zero-order valence-corrected chi connectivity index (χ0v) is 23.2. The Labute approximate surface area is 241 Å². The minimum Gasteiger partial charge on any atom is -0.304 e. The van der Waals surface area contributed by atoms with Crippen LogP contribution in [0.2, 0.25) is 15.1 Å². The first-order chi connectivity index (χ1) is 18.9. The summed E-state index contributed by atoms with van der Waals surface area (Å²) < 4.78 is 44.0. The molecule has 3 heterocycles. The van der Waals surface area contributed by atoms with Gasteiger partial charge in [-0.2, -0.15) is 23.4 Å². The Morgan fingerprint density at radius 2 is 1.73 bits per heavy atom. The molecule has 5 aromatic rings. The second kappa shape index (κ2) is 10.8. The number of amides is 1. The van der Waals surface area contributed by atoms with Crippen molar-refractivity contribution in [3.8, 4) is 11.3 Å². The third-order valence-corrected chi connectivity index (χ3v) is 7.17. The molecule has 206 valence electrons. The second-order valence-electron chi connectivity index (χ2n) is 9.32. The molecular formula is C27H20Cl3F3N6O. The molecule has 13 heteroatoms.